The molecule has 1 nitrogen and oxygen atoms in total. The molecule has 0 saturated heterocycles. The van der Waals surface area contributed by atoms with Gasteiger partial charge in [0.15, 0.2) is 11.6 Å². The first-order valence-electron chi connectivity index (χ1n) is 8.22. The summed E-state index contributed by atoms with van der Waals surface area (Å²) in [4.78, 5) is 0. The Hall–Kier alpha value is -1.90. The quantitative estimate of drug-likeness (QED) is 0.617. The third-order valence-electron chi connectivity index (χ3n) is 4.98. The van der Waals surface area contributed by atoms with E-state index in [1.54, 1.807) is 6.07 Å². The zero-order chi connectivity index (χ0) is 16.4. The fraction of sp³-hybridized carbons (Fsp3) is 0.429. The van der Waals surface area contributed by atoms with E-state index >= 15 is 0 Å². The van der Waals surface area contributed by atoms with E-state index in [0.29, 0.717) is 11.5 Å². The molecule has 1 aliphatic rings. The maximum Gasteiger partial charge on any atom is 0.201 e. The van der Waals surface area contributed by atoms with Crippen LogP contribution in [0, 0.1) is 17.6 Å². The summed E-state index contributed by atoms with van der Waals surface area (Å²) in [5, 5.41) is 0. The van der Waals surface area contributed by atoms with Crippen LogP contribution in [0.4, 0.5) is 8.78 Å². The molecule has 24 heavy (non-hydrogen) atoms. The van der Waals surface area contributed by atoms with Gasteiger partial charge in [-0.15, -0.1) is 0 Å². The number of ether oxygens (including phenoxy) is 1. The van der Waals surface area contributed by atoms with Crippen LogP contribution in [0.5, 0.6) is 5.75 Å². The third-order valence-corrected chi connectivity index (χ3v) is 4.98. The van der Waals surface area contributed by atoms with Crippen molar-refractivity contribution >= 4 is 0 Å². The van der Waals surface area contributed by atoms with Gasteiger partial charge in [-0.2, -0.15) is 4.39 Å². The van der Waals surface area contributed by atoms with Crippen LogP contribution in [0.3, 0.4) is 0 Å². The number of methoxy groups -OCH3 is 1. The maximum absolute atomic E-state index is 14.2. The van der Waals surface area contributed by atoms with Crippen molar-refractivity contribution in [3.05, 3.63) is 53.6 Å². The molecular formula is C21H26F2O. The van der Waals surface area contributed by atoms with Gasteiger partial charge in [0.25, 0.3) is 0 Å². The zero-order valence-electron chi connectivity index (χ0n) is 13.6. The van der Waals surface area contributed by atoms with E-state index < -0.39 is 11.6 Å². The lowest BCUT2D eigenvalue weighted by atomic mass is 9.79. The van der Waals surface area contributed by atoms with Gasteiger partial charge in [0, 0.05) is 5.56 Å². The molecule has 0 atom stereocenters. The highest BCUT2D eigenvalue weighted by molar-refractivity contribution is 5.65. The van der Waals surface area contributed by atoms with Crippen molar-refractivity contribution in [2.75, 3.05) is 7.11 Å². The number of hydrogen-bond acceptors (Lipinski definition) is 1. The fourth-order valence-electron chi connectivity index (χ4n) is 3.44. The van der Waals surface area contributed by atoms with Crippen LogP contribution >= 0.6 is 0 Å². The monoisotopic (exact) mass is 332 g/mol. The Morgan fingerprint density at radius 3 is 2.08 bits per heavy atom. The Morgan fingerprint density at radius 1 is 0.875 bits per heavy atom. The number of rotatable bonds is 3. The average Bonchev–Trinajstić information content (AvgIpc) is 2.58. The molecule has 3 heteroatoms. The Bertz CT molecular complexity index is 671. The van der Waals surface area contributed by atoms with Crippen LogP contribution in [0.15, 0.2) is 36.4 Å². The van der Waals surface area contributed by atoms with Crippen molar-refractivity contribution in [1.29, 1.82) is 0 Å². The standard InChI is InChI=1S/C20H22F2O.CH4/c1-13-3-5-14(6-4-13)15-7-9-16(10-8-15)17-11-12-18(23-2)20(22)19(17)21;/h7-14H,3-6H2,1-2H3;1H4. The Kier molecular flexibility index (Phi) is 5.98. The summed E-state index contributed by atoms with van der Waals surface area (Å²) in [5.74, 6) is -0.447. The molecule has 0 aromatic heterocycles. The first-order chi connectivity index (χ1) is 11.1. The fourth-order valence-corrected chi connectivity index (χ4v) is 3.44. The van der Waals surface area contributed by atoms with E-state index in [1.165, 1.54) is 44.4 Å². The minimum absolute atomic E-state index is 0. The number of hydrogen-bond donors (Lipinski definition) is 0. The van der Waals surface area contributed by atoms with Crippen LogP contribution < -0.4 is 4.74 Å². The van der Waals surface area contributed by atoms with E-state index in [0.717, 1.165) is 5.92 Å². The van der Waals surface area contributed by atoms with Gasteiger partial charge in [-0.1, -0.05) is 51.5 Å². The summed E-state index contributed by atoms with van der Waals surface area (Å²) < 4.78 is 32.8. The molecule has 130 valence electrons. The summed E-state index contributed by atoms with van der Waals surface area (Å²) in [7, 11) is 1.33. The second-order valence-electron chi connectivity index (χ2n) is 6.52. The smallest absolute Gasteiger partial charge is 0.201 e. The molecule has 0 unspecified atom stereocenters. The van der Waals surface area contributed by atoms with Crippen LogP contribution in [-0.4, -0.2) is 7.11 Å². The maximum atomic E-state index is 14.2. The lowest BCUT2D eigenvalue weighted by Crippen LogP contribution is -2.10. The lowest BCUT2D eigenvalue weighted by Gasteiger charge is -2.26. The molecular weight excluding hydrogens is 306 g/mol. The van der Waals surface area contributed by atoms with Gasteiger partial charge < -0.3 is 4.74 Å². The van der Waals surface area contributed by atoms with E-state index in [1.807, 2.05) is 12.1 Å². The number of benzene rings is 2. The summed E-state index contributed by atoms with van der Waals surface area (Å²) in [5.41, 5.74) is 2.26. The summed E-state index contributed by atoms with van der Waals surface area (Å²) in [6.45, 7) is 2.31. The van der Waals surface area contributed by atoms with Gasteiger partial charge in [0.1, 0.15) is 0 Å². The van der Waals surface area contributed by atoms with Crippen molar-refractivity contribution in [1.82, 2.24) is 0 Å². The van der Waals surface area contributed by atoms with Gasteiger partial charge in [-0.05, 0) is 47.9 Å². The molecule has 0 bridgehead atoms. The number of halogens is 2. The minimum atomic E-state index is -0.935. The van der Waals surface area contributed by atoms with Gasteiger partial charge in [0.05, 0.1) is 7.11 Å². The van der Waals surface area contributed by atoms with Crippen LogP contribution in [0.25, 0.3) is 11.1 Å². The zero-order valence-corrected chi connectivity index (χ0v) is 13.6. The first kappa shape index (κ1) is 18.4. The molecule has 0 N–H and O–H groups in total. The second kappa shape index (κ2) is 7.78. The normalized spacial score (nSPS) is 20.3. The molecule has 2 aromatic rings. The summed E-state index contributed by atoms with van der Waals surface area (Å²) >= 11 is 0. The molecule has 0 aliphatic heterocycles. The van der Waals surface area contributed by atoms with Crippen molar-refractivity contribution < 1.29 is 13.5 Å². The lowest BCUT2D eigenvalue weighted by molar-refractivity contribution is 0.348. The predicted octanol–water partition coefficient (Wildman–Crippen LogP) is 6.57. The molecule has 3 rings (SSSR count). The van der Waals surface area contributed by atoms with Crippen LogP contribution in [0.2, 0.25) is 0 Å². The minimum Gasteiger partial charge on any atom is -0.494 e. The van der Waals surface area contributed by atoms with Crippen molar-refractivity contribution in [2.45, 2.75) is 46.0 Å². The van der Waals surface area contributed by atoms with Gasteiger partial charge in [-0.25, -0.2) is 4.39 Å². The van der Waals surface area contributed by atoms with E-state index in [-0.39, 0.29) is 18.7 Å². The summed E-state index contributed by atoms with van der Waals surface area (Å²) in [6.07, 6.45) is 4.97. The van der Waals surface area contributed by atoms with E-state index in [9.17, 15) is 8.78 Å². The van der Waals surface area contributed by atoms with Gasteiger partial charge >= 0.3 is 0 Å². The average molecular weight is 332 g/mol. The Morgan fingerprint density at radius 2 is 1.50 bits per heavy atom. The molecule has 0 heterocycles. The highest BCUT2D eigenvalue weighted by atomic mass is 19.2. The van der Waals surface area contributed by atoms with Gasteiger partial charge in [-0.3, -0.25) is 0 Å². The molecule has 0 amide bonds. The van der Waals surface area contributed by atoms with Gasteiger partial charge in [0.2, 0.25) is 5.82 Å². The van der Waals surface area contributed by atoms with Crippen molar-refractivity contribution in [2.24, 2.45) is 5.92 Å². The Balaban J connectivity index is 0.00000208. The highest BCUT2D eigenvalue weighted by Gasteiger charge is 2.20. The molecule has 1 saturated carbocycles. The third kappa shape index (κ3) is 3.61. The topological polar surface area (TPSA) is 9.23 Å². The molecule has 0 spiro atoms. The molecule has 1 aliphatic carbocycles. The van der Waals surface area contributed by atoms with Crippen LogP contribution in [0.1, 0.15) is 51.5 Å². The Labute approximate surface area is 143 Å². The van der Waals surface area contributed by atoms with Crippen LogP contribution in [-0.2, 0) is 0 Å². The largest absolute Gasteiger partial charge is 0.494 e. The first-order valence-corrected chi connectivity index (χ1v) is 8.22. The SMILES string of the molecule is C.COc1ccc(-c2ccc(C3CCC(C)CC3)cc2)c(F)c1F. The van der Waals surface area contributed by atoms with E-state index in [4.69, 9.17) is 4.74 Å². The molecule has 0 radical (unpaired) electrons. The molecule has 2 aromatic carbocycles. The highest BCUT2D eigenvalue weighted by Crippen LogP contribution is 2.36. The van der Waals surface area contributed by atoms with Crippen molar-refractivity contribution in [3.63, 3.8) is 0 Å². The van der Waals surface area contributed by atoms with E-state index in [2.05, 4.69) is 19.1 Å². The summed E-state index contributed by atoms with van der Waals surface area (Å²) in [6, 6.07) is 10.9. The van der Waals surface area contributed by atoms with Crippen molar-refractivity contribution in [3.8, 4) is 16.9 Å². The second-order valence-corrected chi connectivity index (χ2v) is 6.52. The molecule has 1 fully saturated rings. The predicted molar refractivity (Wildman–Crippen MR) is 95.5 cm³/mol.